The highest BCUT2D eigenvalue weighted by Crippen LogP contribution is 2.10. The van der Waals surface area contributed by atoms with Crippen LogP contribution in [0.1, 0.15) is 13.8 Å². The van der Waals surface area contributed by atoms with Gasteiger partial charge in [0.1, 0.15) is 5.52 Å². The second-order valence-corrected chi connectivity index (χ2v) is 2.98. The van der Waals surface area contributed by atoms with Crippen molar-refractivity contribution in [3.63, 3.8) is 0 Å². The van der Waals surface area contributed by atoms with E-state index in [0.717, 1.165) is 30.2 Å². The predicted octanol–water partition coefficient (Wildman–Crippen LogP) is 1.20. The number of hydrogen-bond donors (Lipinski definition) is 1. The van der Waals surface area contributed by atoms with Gasteiger partial charge in [-0.3, -0.25) is 0 Å². The number of nitrogens with zero attached hydrogens (tertiary/aromatic N) is 4. The van der Waals surface area contributed by atoms with Crippen LogP contribution >= 0.6 is 0 Å². The fourth-order valence-corrected chi connectivity index (χ4v) is 1.39. The maximum atomic E-state index is 4.37. The molecule has 0 aliphatic rings. The molecule has 0 aromatic carbocycles. The lowest BCUT2D eigenvalue weighted by Gasteiger charge is -2.17. The Kier molecular flexibility index (Phi) is 2.30. The van der Waals surface area contributed by atoms with Gasteiger partial charge in [-0.15, -0.1) is 0 Å². The van der Waals surface area contributed by atoms with E-state index >= 15 is 0 Å². The van der Waals surface area contributed by atoms with Crippen molar-refractivity contribution in [2.45, 2.75) is 13.8 Å². The third-order valence-electron chi connectivity index (χ3n) is 2.21. The molecule has 5 nitrogen and oxygen atoms in total. The normalized spacial score (nSPS) is 10.7. The SMILES string of the molecule is CCN(CC)c1ncc2nc[nH]c2n1. The minimum absolute atomic E-state index is 0.756. The Morgan fingerprint density at radius 3 is 2.79 bits per heavy atom. The summed E-state index contributed by atoms with van der Waals surface area (Å²) in [5, 5.41) is 0. The molecule has 0 amide bonds. The van der Waals surface area contributed by atoms with E-state index in [-0.39, 0.29) is 0 Å². The zero-order valence-electron chi connectivity index (χ0n) is 8.36. The Morgan fingerprint density at radius 1 is 1.29 bits per heavy atom. The fourth-order valence-electron chi connectivity index (χ4n) is 1.39. The Hall–Kier alpha value is -1.65. The fraction of sp³-hybridized carbons (Fsp3) is 0.444. The third-order valence-corrected chi connectivity index (χ3v) is 2.21. The van der Waals surface area contributed by atoms with E-state index in [0.29, 0.717) is 0 Å². The summed E-state index contributed by atoms with van der Waals surface area (Å²) in [5.74, 6) is 0.756. The number of rotatable bonds is 3. The van der Waals surface area contributed by atoms with Gasteiger partial charge in [0.2, 0.25) is 5.95 Å². The second-order valence-electron chi connectivity index (χ2n) is 2.98. The van der Waals surface area contributed by atoms with Crippen LogP contribution in [0, 0.1) is 0 Å². The van der Waals surface area contributed by atoms with Gasteiger partial charge in [0.05, 0.1) is 12.5 Å². The molecule has 0 saturated heterocycles. The topological polar surface area (TPSA) is 57.7 Å². The summed E-state index contributed by atoms with van der Waals surface area (Å²) in [6, 6.07) is 0. The lowest BCUT2D eigenvalue weighted by molar-refractivity contribution is 0.825. The van der Waals surface area contributed by atoms with Crippen molar-refractivity contribution < 1.29 is 0 Å². The van der Waals surface area contributed by atoms with Crippen molar-refractivity contribution in [2.24, 2.45) is 0 Å². The Balaban J connectivity index is 2.42. The van der Waals surface area contributed by atoms with Crippen LogP contribution < -0.4 is 4.90 Å². The molecular formula is C9H13N5. The van der Waals surface area contributed by atoms with Crippen LogP contribution in [0.3, 0.4) is 0 Å². The molecule has 5 heteroatoms. The summed E-state index contributed by atoms with van der Waals surface area (Å²) in [7, 11) is 0. The van der Waals surface area contributed by atoms with E-state index in [4.69, 9.17) is 0 Å². The third kappa shape index (κ3) is 1.41. The molecule has 0 atom stereocenters. The van der Waals surface area contributed by atoms with Crippen molar-refractivity contribution in [2.75, 3.05) is 18.0 Å². The molecule has 2 aromatic heterocycles. The van der Waals surface area contributed by atoms with Crippen molar-refractivity contribution in [3.8, 4) is 0 Å². The van der Waals surface area contributed by atoms with Gasteiger partial charge in [0.15, 0.2) is 5.65 Å². The van der Waals surface area contributed by atoms with Gasteiger partial charge in [-0.2, -0.15) is 4.98 Å². The molecule has 0 fully saturated rings. The van der Waals surface area contributed by atoms with Gasteiger partial charge in [0.25, 0.3) is 0 Å². The maximum absolute atomic E-state index is 4.37. The zero-order chi connectivity index (χ0) is 9.97. The average molecular weight is 191 g/mol. The van der Waals surface area contributed by atoms with Crippen LogP contribution in [0.5, 0.6) is 0 Å². The molecule has 74 valence electrons. The van der Waals surface area contributed by atoms with Crippen LogP contribution in [-0.2, 0) is 0 Å². The molecular weight excluding hydrogens is 178 g/mol. The van der Waals surface area contributed by atoms with Gasteiger partial charge < -0.3 is 9.88 Å². The molecule has 2 rings (SSSR count). The minimum Gasteiger partial charge on any atom is -0.341 e. The lowest BCUT2D eigenvalue weighted by atomic mass is 10.5. The first-order valence-corrected chi connectivity index (χ1v) is 4.76. The first kappa shape index (κ1) is 8.93. The largest absolute Gasteiger partial charge is 0.341 e. The highest BCUT2D eigenvalue weighted by atomic mass is 15.2. The number of hydrogen-bond acceptors (Lipinski definition) is 4. The Labute approximate surface area is 82.2 Å². The number of H-pyrrole nitrogens is 1. The van der Waals surface area contributed by atoms with Gasteiger partial charge in [0, 0.05) is 13.1 Å². The number of fused-ring (bicyclic) bond motifs is 1. The maximum Gasteiger partial charge on any atom is 0.227 e. The number of aromatic nitrogens is 4. The summed E-state index contributed by atoms with van der Waals surface area (Å²) < 4.78 is 0. The highest BCUT2D eigenvalue weighted by Gasteiger charge is 2.06. The van der Waals surface area contributed by atoms with Crippen molar-refractivity contribution >= 4 is 17.1 Å². The molecule has 1 N–H and O–H groups in total. The molecule has 2 aromatic rings. The number of nitrogens with one attached hydrogen (secondary N) is 1. The van der Waals surface area contributed by atoms with E-state index < -0.39 is 0 Å². The molecule has 0 bridgehead atoms. The zero-order valence-corrected chi connectivity index (χ0v) is 8.36. The summed E-state index contributed by atoms with van der Waals surface area (Å²) in [6.07, 6.45) is 3.37. The van der Waals surface area contributed by atoms with E-state index in [2.05, 4.69) is 38.7 Å². The highest BCUT2D eigenvalue weighted by molar-refractivity contribution is 5.69. The van der Waals surface area contributed by atoms with Crippen molar-refractivity contribution in [1.29, 1.82) is 0 Å². The van der Waals surface area contributed by atoms with E-state index in [9.17, 15) is 0 Å². The minimum atomic E-state index is 0.756. The summed E-state index contributed by atoms with van der Waals surface area (Å²) >= 11 is 0. The predicted molar refractivity (Wildman–Crippen MR) is 55.2 cm³/mol. The van der Waals surface area contributed by atoms with E-state index in [1.54, 1.807) is 12.5 Å². The monoisotopic (exact) mass is 191 g/mol. The Bertz CT molecular complexity index is 418. The Morgan fingerprint density at radius 2 is 2.07 bits per heavy atom. The summed E-state index contributed by atoms with van der Waals surface area (Å²) in [6.45, 7) is 6.00. The molecule has 0 aliphatic carbocycles. The first-order chi connectivity index (χ1) is 6.85. The standard InChI is InChI=1S/C9H13N5/c1-3-14(4-2)9-10-5-7-8(13-9)12-6-11-7/h5-6H,3-4H2,1-2H3,(H,10,11,12,13). The van der Waals surface area contributed by atoms with E-state index in [1.165, 1.54) is 0 Å². The molecule has 0 radical (unpaired) electrons. The molecule has 0 unspecified atom stereocenters. The van der Waals surface area contributed by atoms with Crippen molar-refractivity contribution in [3.05, 3.63) is 12.5 Å². The van der Waals surface area contributed by atoms with Gasteiger partial charge in [-0.05, 0) is 13.8 Å². The van der Waals surface area contributed by atoms with E-state index in [1.807, 2.05) is 0 Å². The first-order valence-electron chi connectivity index (χ1n) is 4.76. The molecule has 0 aliphatic heterocycles. The molecule has 14 heavy (non-hydrogen) atoms. The number of anilines is 1. The van der Waals surface area contributed by atoms with Gasteiger partial charge >= 0.3 is 0 Å². The van der Waals surface area contributed by atoms with Gasteiger partial charge in [-0.1, -0.05) is 0 Å². The average Bonchev–Trinajstić information content (AvgIpc) is 2.66. The quantitative estimate of drug-likeness (QED) is 0.792. The smallest absolute Gasteiger partial charge is 0.227 e. The van der Waals surface area contributed by atoms with Crippen LogP contribution in [0.2, 0.25) is 0 Å². The van der Waals surface area contributed by atoms with Gasteiger partial charge in [-0.25, -0.2) is 9.97 Å². The second kappa shape index (κ2) is 3.61. The summed E-state index contributed by atoms with van der Waals surface area (Å²) in [5.41, 5.74) is 1.60. The van der Waals surface area contributed by atoms with Crippen LogP contribution in [0.4, 0.5) is 5.95 Å². The summed E-state index contributed by atoms with van der Waals surface area (Å²) in [4.78, 5) is 17.8. The molecule has 0 saturated carbocycles. The molecule has 2 heterocycles. The van der Waals surface area contributed by atoms with Crippen LogP contribution in [0.25, 0.3) is 11.2 Å². The van der Waals surface area contributed by atoms with Crippen molar-refractivity contribution in [1.82, 2.24) is 19.9 Å². The van der Waals surface area contributed by atoms with Crippen LogP contribution in [0.15, 0.2) is 12.5 Å². The number of aromatic amines is 1. The number of imidazole rings is 1. The lowest BCUT2D eigenvalue weighted by Crippen LogP contribution is -2.24. The van der Waals surface area contributed by atoms with Crippen LogP contribution in [-0.4, -0.2) is 33.0 Å². The molecule has 0 spiro atoms.